The van der Waals surface area contributed by atoms with Crippen LogP contribution in [-0.4, -0.2) is 20.0 Å². The van der Waals surface area contributed by atoms with Crippen LogP contribution in [0.1, 0.15) is 15.9 Å². The molecule has 4 nitrogen and oxygen atoms in total. The normalized spacial score (nSPS) is 10.3. The standard InChI is InChI=1S/C19H16O4/c1-21-17-9-8-15(12-18(17)22-2)19(20)14-6-3-5-13(11-14)16-7-4-10-23-16/h3-12H,1-2H3. The van der Waals surface area contributed by atoms with Crippen molar-refractivity contribution in [2.24, 2.45) is 0 Å². The average Bonchev–Trinajstić information content (AvgIpc) is 3.15. The van der Waals surface area contributed by atoms with Crippen LogP contribution in [0.3, 0.4) is 0 Å². The number of methoxy groups -OCH3 is 2. The molecule has 0 radical (unpaired) electrons. The minimum atomic E-state index is -0.0839. The highest BCUT2D eigenvalue weighted by Gasteiger charge is 2.14. The first kappa shape index (κ1) is 14.9. The quantitative estimate of drug-likeness (QED) is 0.663. The molecular formula is C19H16O4. The van der Waals surface area contributed by atoms with Crippen molar-refractivity contribution in [3.05, 3.63) is 72.0 Å². The fraction of sp³-hybridized carbons (Fsp3) is 0.105. The van der Waals surface area contributed by atoms with Crippen LogP contribution in [0.25, 0.3) is 11.3 Å². The molecule has 0 amide bonds. The highest BCUT2D eigenvalue weighted by atomic mass is 16.5. The monoisotopic (exact) mass is 308 g/mol. The van der Waals surface area contributed by atoms with Gasteiger partial charge in [0.05, 0.1) is 20.5 Å². The lowest BCUT2D eigenvalue weighted by Gasteiger charge is -2.09. The molecule has 0 spiro atoms. The molecule has 0 unspecified atom stereocenters. The Hall–Kier alpha value is -3.01. The summed E-state index contributed by atoms with van der Waals surface area (Å²) in [5.74, 6) is 1.76. The number of ether oxygens (including phenoxy) is 2. The summed E-state index contributed by atoms with van der Waals surface area (Å²) in [5, 5.41) is 0. The summed E-state index contributed by atoms with van der Waals surface area (Å²) >= 11 is 0. The molecular weight excluding hydrogens is 292 g/mol. The maximum Gasteiger partial charge on any atom is 0.193 e. The zero-order valence-electron chi connectivity index (χ0n) is 12.9. The second-order valence-corrected chi connectivity index (χ2v) is 4.96. The van der Waals surface area contributed by atoms with E-state index >= 15 is 0 Å². The lowest BCUT2D eigenvalue weighted by Crippen LogP contribution is -2.02. The Morgan fingerprint density at radius 1 is 0.870 bits per heavy atom. The van der Waals surface area contributed by atoms with Crippen LogP contribution in [0.2, 0.25) is 0 Å². The van der Waals surface area contributed by atoms with Crippen molar-refractivity contribution in [3.8, 4) is 22.8 Å². The van der Waals surface area contributed by atoms with E-state index in [2.05, 4.69) is 0 Å². The third kappa shape index (κ3) is 2.97. The van der Waals surface area contributed by atoms with Gasteiger partial charge < -0.3 is 13.9 Å². The molecule has 0 aliphatic carbocycles. The summed E-state index contributed by atoms with van der Waals surface area (Å²) in [6.45, 7) is 0. The number of hydrogen-bond acceptors (Lipinski definition) is 4. The van der Waals surface area contributed by atoms with Gasteiger partial charge in [0.1, 0.15) is 5.76 Å². The second-order valence-electron chi connectivity index (χ2n) is 4.96. The molecule has 116 valence electrons. The van der Waals surface area contributed by atoms with E-state index in [1.165, 1.54) is 0 Å². The van der Waals surface area contributed by atoms with Crippen molar-refractivity contribution in [2.75, 3.05) is 14.2 Å². The molecule has 0 N–H and O–H groups in total. The zero-order valence-corrected chi connectivity index (χ0v) is 12.9. The van der Waals surface area contributed by atoms with Gasteiger partial charge in [-0.15, -0.1) is 0 Å². The van der Waals surface area contributed by atoms with Crippen LogP contribution in [0.5, 0.6) is 11.5 Å². The van der Waals surface area contributed by atoms with Gasteiger partial charge in [0.2, 0.25) is 0 Å². The number of ketones is 1. The van der Waals surface area contributed by atoms with E-state index in [1.807, 2.05) is 30.3 Å². The smallest absolute Gasteiger partial charge is 0.193 e. The summed E-state index contributed by atoms with van der Waals surface area (Å²) in [4.78, 5) is 12.7. The van der Waals surface area contributed by atoms with Gasteiger partial charge in [-0.05, 0) is 36.4 Å². The Kier molecular flexibility index (Phi) is 4.15. The van der Waals surface area contributed by atoms with Crippen molar-refractivity contribution in [1.29, 1.82) is 0 Å². The first-order chi connectivity index (χ1) is 11.2. The number of rotatable bonds is 5. The number of benzene rings is 2. The fourth-order valence-corrected chi connectivity index (χ4v) is 2.40. The Labute approximate surface area is 134 Å². The molecule has 1 heterocycles. The van der Waals surface area contributed by atoms with Gasteiger partial charge in [-0.3, -0.25) is 4.79 Å². The van der Waals surface area contributed by atoms with E-state index in [0.29, 0.717) is 22.6 Å². The van der Waals surface area contributed by atoms with Gasteiger partial charge in [0.15, 0.2) is 17.3 Å². The molecule has 0 saturated carbocycles. The van der Waals surface area contributed by atoms with Gasteiger partial charge in [0, 0.05) is 16.7 Å². The van der Waals surface area contributed by atoms with Crippen molar-refractivity contribution < 1.29 is 18.7 Å². The SMILES string of the molecule is COc1ccc(C(=O)c2cccc(-c3ccco3)c2)cc1OC. The molecule has 0 bridgehead atoms. The Balaban J connectivity index is 1.96. The lowest BCUT2D eigenvalue weighted by atomic mass is 10.0. The molecule has 0 aliphatic rings. The minimum Gasteiger partial charge on any atom is -0.493 e. The van der Waals surface area contributed by atoms with Crippen molar-refractivity contribution in [1.82, 2.24) is 0 Å². The number of carbonyl (C=O) groups is 1. The Morgan fingerprint density at radius 2 is 1.65 bits per heavy atom. The molecule has 3 rings (SSSR count). The fourth-order valence-electron chi connectivity index (χ4n) is 2.40. The van der Waals surface area contributed by atoms with Crippen molar-refractivity contribution in [2.45, 2.75) is 0 Å². The lowest BCUT2D eigenvalue weighted by molar-refractivity contribution is 0.103. The summed E-state index contributed by atoms with van der Waals surface area (Å²) in [7, 11) is 3.11. The summed E-state index contributed by atoms with van der Waals surface area (Å²) in [6, 6.07) is 16.2. The third-order valence-electron chi connectivity index (χ3n) is 3.58. The van der Waals surface area contributed by atoms with Gasteiger partial charge in [-0.25, -0.2) is 0 Å². The Bertz CT molecular complexity index is 819. The summed E-state index contributed by atoms with van der Waals surface area (Å²) < 4.78 is 15.8. The topological polar surface area (TPSA) is 48.7 Å². The summed E-state index contributed by atoms with van der Waals surface area (Å²) in [5.41, 5.74) is 1.99. The van der Waals surface area contributed by atoms with E-state index in [0.717, 1.165) is 11.3 Å². The van der Waals surface area contributed by atoms with E-state index in [9.17, 15) is 4.79 Å². The predicted octanol–water partition coefficient (Wildman–Crippen LogP) is 4.19. The highest BCUT2D eigenvalue weighted by molar-refractivity contribution is 6.09. The van der Waals surface area contributed by atoms with Crippen molar-refractivity contribution >= 4 is 5.78 Å². The molecule has 4 heteroatoms. The first-order valence-electron chi connectivity index (χ1n) is 7.13. The largest absolute Gasteiger partial charge is 0.493 e. The van der Waals surface area contributed by atoms with E-state index in [1.54, 1.807) is 44.7 Å². The minimum absolute atomic E-state index is 0.0839. The van der Waals surface area contributed by atoms with Crippen LogP contribution in [0.15, 0.2) is 65.3 Å². The van der Waals surface area contributed by atoms with E-state index in [-0.39, 0.29) is 5.78 Å². The maximum absolute atomic E-state index is 12.7. The van der Waals surface area contributed by atoms with Crippen LogP contribution in [0.4, 0.5) is 0 Å². The highest BCUT2D eigenvalue weighted by Crippen LogP contribution is 2.29. The zero-order chi connectivity index (χ0) is 16.2. The summed E-state index contributed by atoms with van der Waals surface area (Å²) in [6.07, 6.45) is 1.61. The third-order valence-corrected chi connectivity index (χ3v) is 3.58. The van der Waals surface area contributed by atoms with Gasteiger partial charge >= 0.3 is 0 Å². The van der Waals surface area contributed by atoms with Gasteiger partial charge in [-0.2, -0.15) is 0 Å². The van der Waals surface area contributed by atoms with Crippen molar-refractivity contribution in [3.63, 3.8) is 0 Å². The second kappa shape index (κ2) is 6.40. The van der Waals surface area contributed by atoms with Crippen LogP contribution in [-0.2, 0) is 0 Å². The van der Waals surface area contributed by atoms with Crippen LogP contribution in [0, 0.1) is 0 Å². The predicted molar refractivity (Wildman–Crippen MR) is 87.1 cm³/mol. The molecule has 2 aromatic carbocycles. The number of carbonyl (C=O) groups excluding carboxylic acids is 1. The molecule has 0 aliphatic heterocycles. The number of furan rings is 1. The maximum atomic E-state index is 12.7. The molecule has 3 aromatic rings. The van der Waals surface area contributed by atoms with Crippen LogP contribution < -0.4 is 9.47 Å². The Morgan fingerprint density at radius 3 is 2.35 bits per heavy atom. The molecule has 0 saturated heterocycles. The van der Waals surface area contributed by atoms with E-state index in [4.69, 9.17) is 13.9 Å². The average molecular weight is 308 g/mol. The molecule has 1 aromatic heterocycles. The number of hydrogen-bond donors (Lipinski definition) is 0. The molecule has 23 heavy (non-hydrogen) atoms. The first-order valence-corrected chi connectivity index (χ1v) is 7.13. The van der Waals surface area contributed by atoms with E-state index < -0.39 is 0 Å². The van der Waals surface area contributed by atoms with Crippen LogP contribution >= 0.6 is 0 Å². The molecule has 0 atom stereocenters. The molecule has 0 fully saturated rings. The van der Waals surface area contributed by atoms with Gasteiger partial charge in [0.25, 0.3) is 0 Å². The van der Waals surface area contributed by atoms with Gasteiger partial charge in [-0.1, -0.05) is 18.2 Å².